The summed E-state index contributed by atoms with van der Waals surface area (Å²) in [6.45, 7) is 0. The number of H-pyrrole nitrogens is 1. The van der Waals surface area contributed by atoms with Gasteiger partial charge >= 0.3 is 5.97 Å². The number of hydrogen-bond acceptors (Lipinski definition) is 8. The van der Waals surface area contributed by atoms with Gasteiger partial charge < -0.3 is 31.0 Å². The van der Waals surface area contributed by atoms with Crippen molar-refractivity contribution >= 4 is 28.6 Å². The summed E-state index contributed by atoms with van der Waals surface area (Å²) in [5, 5.41) is 9.34. The molecule has 10 nitrogen and oxygen atoms in total. The molecule has 1 saturated carbocycles. The number of hydrogen-bond donors (Lipinski definition) is 4. The number of carboxylic acids is 1. The zero-order valence-electron chi connectivity index (χ0n) is 20.1. The second-order valence-corrected chi connectivity index (χ2v) is 8.87. The maximum absolute atomic E-state index is 15.9. The molecule has 190 valence electrons. The Morgan fingerprint density at radius 1 is 1.22 bits per heavy atom. The van der Waals surface area contributed by atoms with Crippen molar-refractivity contribution < 1.29 is 23.8 Å². The number of nitrogen functional groups attached to an aromatic ring is 2. The van der Waals surface area contributed by atoms with Crippen molar-refractivity contribution in [3.63, 3.8) is 0 Å². The Labute approximate surface area is 210 Å². The first-order chi connectivity index (χ1) is 17.7. The first-order valence-electron chi connectivity index (χ1n) is 11.5. The summed E-state index contributed by atoms with van der Waals surface area (Å²) in [5.41, 5.74) is 13.5. The number of fused-ring (bicyclic) bond motifs is 1. The molecule has 2 aromatic carbocycles. The van der Waals surface area contributed by atoms with E-state index in [1.54, 1.807) is 12.1 Å². The minimum atomic E-state index is -1.38. The highest BCUT2D eigenvalue weighted by molar-refractivity contribution is 5.96. The van der Waals surface area contributed by atoms with E-state index < -0.39 is 22.8 Å². The number of anilines is 2. The Bertz CT molecular complexity index is 1630. The van der Waals surface area contributed by atoms with Gasteiger partial charge in [0.25, 0.3) is 0 Å². The van der Waals surface area contributed by atoms with Gasteiger partial charge in [-0.25, -0.2) is 14.2 Å². The second-order valence-electron chi connectivity index (χ2n) is 8.87. The summed E-state index contributed by atoms with van der Waals surface area (Å²) in [5.74, 6) is -1.09. The van der Waals surface area contributed by atoms with Gasteiger partial charge in [0.05, 0.1) is 19.7 Å². The Hall–Kier alpha value is -4.67. The molecule has 2 aromatic heterocycles. The van der Waals surface area contributed by atoms with E-state index in [2.05, 4.69) is 15.0 Å². The van der Waals surface area contributed by atoms with E-state index in [9.17, 15) is 14.7 Å². The van der Waals surface area contributed by atoms with Gasteiger partial charge in [-0.05, 0) is 48.1 Å². The molecule has 0 aliphatic heterocycles. The predicted octanol–water partition coefficient (Wildman–Crippen LogP) is 3.47. The number of aromatic nitrogens is 3. The van der Waals surface area contributed by atoms with Crippen molar-refractivity contribution in [2.24, 2.45) is 0 Å². The SMILES string of the molecule is COc1cc(Cc2cnc(N)nc2N)cc(-c2c(F)cc3c(=O)c(C(=O)O)c[nH]c3c2C2CC2)c1OC. The first-order valence-corrected chi connectivity index (χ1v) is 11.5. The molecule has 0 saturated heterocycles. The van der Waals surface area contributed by atoms with E-state index in [-0.39, 0.29) is 28.6 Å². The van der Waals surface area contributed by atoms with Crippen LogP contribution in [0.4, 0.5) is 16.2 Å². The molecule has 0 unspecified atom stereocenters. The highest BCUT2D eigenvalue weighted by Gasteiger charge is 2.33. The maximum Gasteiger partial charge on any atom is 0.341 e. The molecule has 0 spiro atoms. The normalized spacial score (nSPS) is 13.1. The lowest BCUT2D eigenvalue weighted by Crippen LogP contribution is -2.16. The molecule has 0 amide bonds. The Kier molecular flexibility index (Phi) is 5.90. The van der Waals surface area contributed by atoms with Gasteiger partial charge in [-0.2, -0.15) is 4.98 Å². The molecule has 6 N–H and O–H groups in total. The van der Waals surface area contributed by atoms with Crippen molar-refractivity contribution in [1.29, 1.82) is 0 Å². The fourth-order valence-corrected chi connectivity index (χ4v) is 4.67. The van der Waals surface area contributed by atoms with Crippen LogP contribution in [0.2, 0.25) is 0 Å². The number of nitrogens with one attached hydrogen (secondary N) is 1. The van der Waals surface area contributed by atoms with Crippen molar-refractivity contribution in [2.75, 3.05) is 25.7 Å². The van der Waals surface area contributed by atoms with Crippen molar-refractivity contribution in [3.05, 3.63) is 68.9 Å². The van der Waals surface area contributed by atoms with Crippen LogP contribution in [0.25, 0.3) is 22.0 Å². The molecule has 2 heterocycles. The van der Waals surface area contributed by atoms with E-state index in [0.717, 1.165) is 30.7 Å². The fraction of sp³-hybridized carbons (Fsp3) is 0.231. The number of benzene rings is 2. The number of halogens is 1. The molecule has 0 radical (unpaired) electrons. The number of rotatable bonds is 7. The number of ether oxygens (including phenoxy) is 2. The highest BCUT2D eigenvalue weighted by atomic mass is 19.1. The van der Waals surface area contributed by atoms with E-state index in [4.69, 9.17) is 20.9 Å². The van der Waals surface area contributed by atoms with E-state index in [1.807, 2.05) is 0 Å². The van der Waals surface area contributed by atoms with Gasteiger partial charge in [-0.3, -0.25) is 4.79 Å². The van der Waals surface area contributed by atoms with Gasteiger partial charge in [-0.1, -0.05) is 0 Å². The largest absolute Gasteiger partial charge is 0.493 e. The van der Waals surface area contributed by atoms with E-state index in [0.29, 0.717) is 40.1 Å². The molecule has 0 bridgehead atoms. The smallest absolute Gasteiger partial charge is 0.341 e. The third kappa shape index (κ3) is 4.18. The zero-order valence-corrected chi connectivity index (χ0v) is 20.1. The Morgan fingerprint density at radius 2 is 1.97 bits per heavy atom. The lowest BCUT2D eigenvalue weighted by Gasteiger charge is -2.20. The molecule has 0 atom stereocenters. The predicted molar refractivity (Wildman–Crippen MR) is 136 cm³/mol. The summed E-state index contributed by atoms with van der Waals surface area (Å²) < 4.78 is 27.2. The number of nitrogens with zero attached hydrogens (tertiary/aromatic N) is 2. The van der Waals surface area contributed by atoms with Crippen molar-refractivity contribution in [2.45, 2.75) is 25.2 Å². The van der Waals surface area contributed by atoms with Crippen LogP contribution in [-0.2, 0) is 6.42 Å². The van der Waals surface area contributed by atoms with E-state index >= 15 is 4.39 Å². The first kappa shape index (κ1) is 24.0. The Morgan fingerprint density at radius 3 is 2.59 bits per heavy atom. The quantitative estimate of drug-likeness (QED) is 0.294. The molecule has 1 aliphatic rings. The van der Waals surface area contributed by atoms with E-state index in [1.165, 1.54) is 20.4 Å². The average molecular weight is 506 g/mol. The number of aromatic carboxylic acids is 1. The fourth-order valence-electron chi connectivity index (χ4n) is 4.67. The van der Waals surface area contributed by atoms with Crippen molar-refractivity contribution in [1.82, 2.24) is 15.0 Å². The maximum atomic E-state index is 15.9. The number of carbonyl (C=O) groups is 1. The second kappa shape index (κ2) is 9.08. The molecule has 1 fully saturated rings. The van der Waals surface area contributed by atoms with Crippen LogP contribution in [0.1, 0.15) is 45.8 Å². The number of carboxylic acid groups (broad SMARTS) is 1. The van der Waals surface area contributed by atoms with Crippen LogP contribution >= 0.6 is 0 Å². The summed E-state index contributed by atoms with van der Waals surface area (Å²) in [4.78, 5) is 35.3. The van der Waals surface area contributed by atoms with Crippen LogP contribution < -0.4 is 26.4 Å². The average Bonchev–Trinajstić information content (AvgIpc) is 3.70. The number of aromatic amines is 1. The number of pyridine rings is 1. The third-order valence-corrected chi connectivity index (χ3v) is 6.50. The third-order valence-electron chi connectivity index (χ3n) is 6.50. The van der Waals surface area contributed by atoms with Crippen molar-refractivity contribution in [3.8, 4) is 22.6 Å². The molecule has 1 aliphatic carbocycles. The molecule has 5 rings (SSSR count). The lowest BCUT2D eigenvalue weighted by atomic mass is 9.90. The topological polar surface area (TPSA) is 166 Å². The summed E-state index contributed by atoms with van der Waals surface area (Å²) >= 11 is 0. The van der Waals surface area contributed by atoms with Gasteiger partial charge in [0.1, 0.15) is 17.2 Å². The molecule has 11 heteroatoms. The monoisotopic (exact) mass is 505 g/mol. The van der Waals surface area contributed by atoms with Gasteiger partial charge in [-0.15, -0.1) is 0 Å². The molecule has 37 heavy (non-hydrogen) atoms. The van der Waals surface area contributed by atoms with Gasteiger partial charge in [0.2, 0.25) is 11.4 Å². The highest BCUT2D eigenvalue weighted by Crippen LogP contribution is 2.51. The minimum Gasteiger partial charge on any atom is -0.493 e. The zero-order chi connectivity index (χ0) is 26.4. The lowest BCUT2D eigenvalue weighted by molar-refractivity contribution is 0.0695. The van der Waals surface area contributed by atoms with Crippen LogP contribution in [0.3, 0.4) is 0 Å². The van der Waals surface area contributed by atoms with Crippen LogP contribution in [0, 0.1) is 5.82 Å². The number of nitrogens with two attached hydrogens (primary N) is 2. The Balaban J connectivity index is 1.78. The number of methoxy groups -OCH3 is 2. The summed E-state index contributed by atoms with van der Waals surface area (Å²) in [7, 11) is 2.94. The summed E-state index contributed by atoms with van der Waals surface area (Å²) in [6.07, 6.45) is 4.59. The van der Waals surface area contributed by atoms with Crippen LogP contribution in [0.5, 0.6) is 11.5 Å². The molecule has 4 aromatic rings. The van der Waals surface area contributed by atoms with Gasteiger partial charge in [0.15, 0.2) is 11.5 Å². The van der Waals surface area contributed by atoms with Gasteiger partial charge in [0, 0.05) is 40.9 Å². The summed E-state index contributed by atoms with van der Waals surface area (Å²) in [6, 6.07) is 4.61. The standard InChI is InChI=1S/C26H24FN5O5/c1-36-18-7-11(5-13-9-31-26(29)32-24(13)28)6-14(23(18)37-2)20-17(27)8-15-21(19(20)12-3-4-12)30-10-16(22(15)33)25(34)35/h6-10,12H,3-5H2,1-2H3,(H,30,33)(H,34,35)(H4,28,29,31,32). The van der Waals surface area contributed by atoms with Crippen LogP contribution in [0.15, 0.2) is 35.4 Å². The van der Waals surface area contributed by atoms with Crippen LogP contribution in [-0.4, -0.2) is 40.2 Å². The molecular formula is C26H24FN5O5. The molecular weight excluding hydrogens is 481 g/mol. The minimum absolute atomic E-state index is 0.0139.